The molecule has 0 saturated heterocycles. The second-order valence-electron chi connectivity index (χ2n) is 3.38. The maximum Gasteiger partial charge on any atom is 0.417 e. The summed E-state index contributed by atoms with van der Waals surface area (Å²) in [7, 11) is 0. The van der Waals surface area contributed by atoms with Gasteiger partial charge in [0.15, 0.2) is 11.3 Å². The molecule has 2 aromatic rings. The zero-order valence-corrected chi connectivity index (χ0v) is 10.2. The van der Waals surface area contributed by atoms with Crippen LogP contribution in [0.3, 0.4) is 0 Å². The van der Waals surface area contributed by atoms with E-state index in [0.717, 1.165) is 17.4 Å². The molecule has 2 rings (SSSR count). The fourth-order valence-electron chi connectivity index (χ4n) is 1.38. The van der Waals surface area contributed by atoms with Gasteiger partial charge in [-0.2, -0.15) is 13.2 Å². The minimum Gasteiger partial charge on any atom is -0.295 e. The molecule has 1 heterocycles. The maximum atomic E-state index is 12.5. The first kappa shape index (κ1) is 13.0. The number of hydrogen-bond acceptors (Lipinski definition) is 3. The molecule has 2 nitrogen and oxygen atoms in total. The average molecular weight is 292 g/mol. The Morgan fingerprint density at radius 3 is 2.56 bits per heavy atom. The minimum atomic E-state index is -4.48. The highest BCUT2D eigenvalue weighted by atomic mass is 35.5. The standard InChI is InChI=1S/C11H5ClF3NOS/c12-8-3-6(1-2-7(8)11(13,14)15)9-5-18-10(4-17)16-9/h1-5H. The smallest absolute Gasteiger partial charge is 0.295 e. The van der Waals surface area contributed by atoms with Gasteiger partial charge in [-0.3, -0.25) is 4.79 Å². The molecule has 7 heteroatoms. The van der Waals surface area contributed by atoms with Gasteiger partial charge in [0.1, 0.15) is 0 Å². The van der Waals surface area contributed by atoms with E-state index < -0.39 is 11.7 Å². The van der Waals surface area contributed by atoms with Gasteiger partial charge in [-0.15, -0.1) is 11.3 Å². The number of aromatic nitrogens is 1. The second-order valence-corrected chi connectivity index (χ2v) is 4.68. The molecule has 0 bridgehead atoms. The lowest BCUT2D eigenvalue weighted by Crippen LogP contribution is -2.05. The molecule has 0 amide bonds. The van der Waals surface area contributed by atoms with E-state index >= 15 is 0 Å². The van der Waals surface area contributed by atoms with Crippen molar-refractivity contribution in [2.45, 2.75) is 6.18 Å². The summed E-state index contributed by atoms with van der Waals surface area (Å²) in [5.41, 5.74) is -0.0196. The predicted molar refractivity (Wildman–Crippen MR) is 62.9 cm³/mol. The Bertz CT molecular complexity index is 594. The summed E-state index contributed by atoms with van der Waals surface area (Å²) in [5, 5.41) is 1.46. The van der Waals surface area contributed by atoms with Crippen molar-refractivity contribution in [2.75, 3.05) is 0 Å². The van der Waals surface area contributed by atoms with Crippen LogP contribution in [-0.2, 0) is 6.18 Å². The Labute approximate surface area is 109 Å². The van der Waals surface area contributed by atoms with Crippen LogP contribution in [0.1, 0.15) is 15.4 Å². The molecular weight excluding hydrogens is 287 g/mol. The Balaban J connectivity index is 2.43. The van der Waals surface area contributed by atoms with Crippen molar-refractivity contribution in [2.24, 2.45) is 0 Å². The molecule has 0 fully saturated rings. The van der Waals surface area contributed by atoms with Crippen molar-refractivity contribution in [1.29, 1.82) is 0 Å². The average Bonchev–Trinajstić information content (AvgIpc) is 2.75. The Hall–Kier alpha value is -1.40. The van der Waals surface area contributed by atoms with Crippen LogP contribution in [0.5, 0.6) is 0 Å². The monoisotopic (exact) mass is 291 g/mol. The lowest BCUT2D eigenvalue weighted by Gasteiger charge is -2.09. The third kappa shape index (κ3) is 2.54. The molecule has 1 aromatic carbocycles. The van der Waals surface area contributed by atoms with E-state index in [4.69, 9.17) is 11.6 Å². The highest BCUT2D eigenvalue weighted by Gasteiger charge is 2.33. The van der Waals surface area contributed by atoms with Gasteiger partial charge in [0.2, 0.25) is 0 Å². The van der Waals surface area contributed by atoms with E-state index in [1.807, 2.05) is 0 Å². The highest BCUT2D eigenvalue weighted by Crippen LogP contribution is 2.36. The zero-order valence-electron chi connectivity index (χ0n) is 8.66. The first-order valence-electron chi connectivity index (χ1n) is 4.69. The van der Waals surface area contributed by atoms with Gasteiger partial charge in [0, 0.05) is 10.9 Å². The topological polar surface area (TPSA) is 30.0 Å². The molecule has 0 unspecified atom stereocenters. The molecule has 0 aliphatic rings. The fraction of sp³-hybridized carbons (Fsp3) is 0.0909. The van der Waals surface area contributed by atoms with Gasteiger partial charge in [-0.1, -0.05) is 17.7 Å². The summed E-state index contributed by atoms with van der Waals surface area (Å²) >= 11 is 6.71. The van der Waals surface area contributed by atoms with Gasteiger partial charge in [-0.05, 0) is 12.1 Å². The van der Waals surface area contributed by atoms with E-state index in [0.29, 0.717) is 17.5 Å². The summed E-state index contributed by atoms with van der Waals surface area (Å²) in [6.45, 7) is 0. The van der Waals surface area contributed by atoms with Crippen molar-refractivity contribution < 1.29 is 18.0 Å². The van der Waals surface area contributed by atoms with Crippen LogP contribution >= 0.6 is 22.9 Å². The Morgan fingerprint density at radius 2 is 2.06 bits per heavy atom. The molecular formula is C11H5ClF3NOS. The molecule has 18 heavy (non-hydrogen) atoms. The SMILES string of the molecule is O=Cc1nc(-c2ccc(C(F)(F)F)c(Cl)c2)cs1. The van der Waals surface area contributed by atoms with Crippen LogP contribution in [0.4, 0.5) is 13.2 Å². The molecule has 0 spiro atoms. The summed E-state index contributed by atoms with van der Waals surface area (Å²) in [4.78, 5) is 14.4. The summed E-state index contributed by atoms with van der Waals surface area (Å²) in [6, 6.07) is 3.37. The second kappa shape index (κ2) is 4.70. The third-order valence-electron chi connectivity index (χ3n) is 2.19. The van der Waals surface area contributed by atoms with E-state index in [1.165, 1.54) is 12.1 Å². The van der Waals surface area contributed by atoms with E-state index in [9.17, 15) is 18.0 Å². The lowest BCUT2D eigenvalue weighted by molar-refractivity contribution is -0.137. The van der Waals surface area contributed by atoms with E-state index in [2.05, 4.69) is 4.98 Å². The molecule has 0 radical (unpaired) electrons. The van der Waals surface area contributed by atoms with Gasteiger partial charge < -0.3 is 0 Å². The lowest BCUT2D eigenvalue weighted by atomic mass is 10.1. The van der Waals surface area contributed by atoms with E-state index in [-0.39, 0.29) is 10.0 Å². The van der Waals surface area contributed by atoms with Crippen LogP contribution in [0.15, 0.2) is 23.6 Å². The maximum absolute atomic E-state index is 12.5. The summed E-state index contributed by atoms with van der Waals surface area (Å²) < 4.78 is 37.5. The van der Waals surface area contributed by atoms with Gasteiger partial charge >= 0.3 is 6.18 Å². The zero-order chi connectivity index (χ0) is 13.3. The highest BCUT2D eigenvalue weighted by molar-refractivity contribution is 7.11. The van der Waals surface area contributed by atoms with Crippen molar-refractivity contribution >= 4 is 29.2 Å². The largest absolute Gasteiger partial charge is 0.417 e. The first-order chi connectivity index (χ1) is 8.41. The first-order valence-corrected chi connectivity index (χ1v) is 5.95. The predicted octanol–water partition coefficient (Wildman–Crippen LogP) is 4.29. The number of benzene rings is 1. The molecule has 94 valence electrons. The number of carbonyl (C=O) groups excluding carboxylic acids is 1. The van der Waals surface area contributed by atoms with Crippen LogP contribution in [-0.4, -0.2) is 11.3 Å². The van der Waals surface area contributed by atoms with E-state index in [1.54, 1.807) is 5.38 Å². The third-order valence-corrected chi connectivity index (χ3v) is 3.28. The van der Waals surface area contributed by atoms with Crippen LogP contribution in [0.25, 0.3) is 11.3 Å². The minimum absolute atomic E-state index is 0.265. The van der Waals surface area contributed by atoms with Crippen molar-refractivity contribution in [3.05, 3.63) is 39.2 Å². The number of alkyl halides is 3. The Kier molecular flexibility index (Phi) is 3.41. The van der Waals surface area contributed by atoms with Crippen LogP contribution in [0.2, 0.25) is 5.02 Å². The molecule has 0 saturated carbocycles. The number of nitrogens with zero attached hydrogens (tertiary/aromatic N) is 1. The van der Waals surface area contributed by atoms with Gasteiger partial charge in [0.05, 0.1) is 16.3 Å². The number of carbonyl (C=O) groups is 1. The number of halogens is 4. The van der Waals surface area contributed by atoms with Gasteiger partial charge in [-0.25, -0.2) is 4.98 Å². The fourth-order valence-corrected chi connectivity index (χ4v) is 2.29. The van der Waals surface area contributed by atoms with Crippen LogP contribution in [0, 0.1) is 0 Å². The number of aldehydes is 1. The van der Waals surface area contributed by atoms with Crippen molar-refractivity contribution in [3.63, 3.8) is 0 Å². The molecule has 1 aromatic heterocycles. The molecule has 0 aliphatic heterocycles. The molecule has 0 atom stereocenters. The Morgan fingerprint density at radius 1 is 1.33 bits per heavy atom. The number of hydrogen-bond donors (Lipinski definition) is 0. The molecule has 0 aliphatic carbocycles. The van der Waals surface area contributed by atoms with Gasteiger partial charge in [0.25, 0.3) is 0 Å². The normalized spacial score (nSPS) is 11.6. The molecule has 0 N–H and O–H groups in total. The summed E-state index contributed by atoms with van der Waals surface area (Å²) in [6.07, 6.45) is -3.90. The quantitative estimate of drug-likeness (QED) is 0.772. The van der Waals surface area contributed by atoms with Crippen molar-refractivity contribution in [1.82, 2.24) is 4.98 Å². The van der Waals surface area contributed by atoms with Crippen molar-refractivity contribution in [3.8, 4) is 11.3 Å². The summed E-state index contributed by atoms with van der Waals surface area (Å²) in [5.74, 6) is 0. The number of rotatable bonds is 2. The number of thiazole rings is 1. The van der Waals surface area contributed by atoms with Crippen LogP contribution < -0.4 is 0 Å².